The van der Waals surface area contributed by atoms with Crippen LogP contribution in [0.15, 0.2) is 48.0 Å². The number of non-ortho nitro benzene ring substituents is 1. The number of nitro groups is 1. The SMILES string of the molecule is N#CC(C#N)=C1c2ccccc2-c2cc([N+](=O)[O-])ccc21. The molecule has 0 N–H and O–H groups in total. The summed E-state index contributed by atoms with van der Waals surface area (Å²) in [5.41, 5.74) is 3.45. The summed E-state index contributed by atoms with van der Waals surface area (Å²) in [4.78, 5) is 10.5. The summed E-state index contributed by atoms with van der Waals surface area (Å²) in [5.74, 6) is 0. The van der Waals surface area contributed by atoms with Crippen molar-refractivity contribution in [1.82, 2.24) is 0 Å². The van der Waals surface area contributed by atoms with Crippen molar-refractivity contribution in [2.24, 2.45) is 0 Å². The minimum atomic E-state index is -0.458. The van der Waals surface area contributed by atoms with Gasteiger partial charge in [0.05, 0.1) is 4.92 Å². The van der Waals surface area contributed by atoms with Crippen LogP contribution in [-0.2, 0) is 0 Å². The van der Waals surface area contributed by atoms with Crippen LogP contribution in [0, 0.1) is 32.8 Å². The Kier molecular flexibility index (Phi) is 2.75. The average molecular weight is 273 g/mol. The summed E-state index contributed by atoms with van der Waals surface area (Å²) in [7, 11) is 0. The van der Waals surface area contributed by atoms with E-state index in [1.807, 2.05) is 36.4 Å². The maximum atomic E-state index is 10.9. The zero-order chi connectivity index (χ0) is 15.0. The van der Waals surface area contributed by atoms with Gasteiger partial charge >= 0.3 is 0 Å². The number of hydrogen-bond acceptors (Lipinski definition) is 4. The van der Waals surface area contributed by atoms with Crippen LogP contribution in [-0.4, -0.2) is 4.92 Å². The molecule has 5 heteroatoms. The van der Waals surface area contributed by atoms with Crippen molar-refractivity contribution < 1.29 is 4.92 Å². The second-order valence-corrected chi connectivity index (χ2v) is 4.51. The summed E-state index contributed by atoms with van der Waals surface area (Å²) in [5, 5.41) is 29.2. The number of nitrogens with zero attached hydrogens (tertiary/aromatic N) is 3. The molecule has 0 saturated heterocycles. The highest BCUT2D eigenvalue weighted by Crippen LogP contribution is 2.46. The van der Waals surface area contributed by atoms with Crippen molar-refractivity contribution >= 4 is 11.3 Å². The van der Waals surface area contributed by atoms with E-state index in [4.69, 9.17) is 10.5 Å². The number of nitro benzene ring substituents is 1. The average Bonchev–Trinajstić information content (AvgIpc) is 2.83. The molecule has 21 heavy (non-hydrogen) atoms. The van der Waals surface area contributed by atoms with E-state index in [9.17, 15) is 10.1 Å². The van der Waals surface area contributed by atoms with Crippen LogP contribution in [0.5, 0.6) is 0 Å². The molecule has 0 spiro atoms. The highest BCUT2D eigenvalue weighted by atomic mass is 16.6. The van der Waals surface area contributed by atoms with E-state index in [0.717, 1.165) is 11.1 Å². The molecule has 0 unspecified atom stereocenters. The lowest BCUT2D eigenvalue weighted by atomic mass is 9.99. The monoisotopic (exact) mass is 273 g/mol. The van der Waals surface area contributed by atoms with Crippen LogP contribution in [0.3, 0.4) is 0 Å². The fraction of sp³-hybridized carbons (Fsp3) is 0. The van der Waals surface area contributed by atoms with Crippen LogP contribution >= 0.6 is 0 Å². The molecule has 0 atom stereocenters. The summed E-state index contributed by atoms with van der Waals surface area (Å²) in [6, 6.07) is 15.5. The molecule has 0 saturated carbocycles. The standard InChI is InChI=1S/C16H7N3O2/c17-8-10(9-18)16-13-4-2-1-3-12(13)15-7-11(19(20)21)5-6-14(15)16/h1-7H. The van der Waals surface area contributed by atoms with Gasteiger partial charge in [0.2, 0.25) is 0 Å². The molecule has 2 aromatic rings. The Bertz CT molecular complexity index is 882. The Hall–Kier alpha value is -3.44. The lowest BCUT2D eigenvalue weighted by molar-refractivity contribution is -0.384. The quantitative estimate of drug-likeness (QED) is 0.386. The van der Waals surface area contributed by atoms with E-state index in [1.165, 1.54) is 12.1 Å². The van der Waals surface area contributed by atoms with Gasteiger partial charge in [0.1, 0.15) is 17.7 Å². The zero-order valence-corrected chi connectivity index (χ0v) is 10.7. The molecule has 0 aliphatic heterocycles. The Morgan fingerprint density at radius 2 is 1.57 bits per heavy atom. The maximum Gasteiger partial charge on any atom is 0.270 e. The first-order chi connectivity index (χ1) is 10.2. The molecule has 3 rings (SSSR count). The van der Waals surface area contributed by atoms with Gasteiger partial charge in [0, 0.05) is 17.7 Å². The van der Waals surface area contributed by atoms with E-state index in [1.54, 1.807) is 6.07 Å². The van der Waals surface area contributed by atoms with Crippen LogP contribution in [0.25, 0.3) is 16.7 Å². The van der Waals surface area contributed by atoms with Crippen molar-refractivity contribution in [3.05, 3.63) is 69.3 Å². The third kappa shape index (κ3) is 1.77. The Labute approximate surface area is 120 Å². The van der Waals surface area contributed by atoms with Crippen LogP contribution in [0.2, 0.25) is 0 Å². The molecule has 0 heterocycles. The van der Waals surface area contributed by atoms with Crippen LogP contribution < -0.4 is 0 Å². The smallest absolute Gasteiger partial charge is 0.258 e. The molecular formula is C16H7N3O2. The van der Waals surface area contributed by atoms with E-state index in [-0.39, 0.29) is 11.3 Å². The zero-order valence-electron chi connectivity index (χ0n) is 10.7. The van der Waals surface area contributed by atoms with E-state index in [0.29, 0.717) is 16.7 Å². The molecule has 0 radical (unpaired) electrons. The van der Waals surface area contributed by atoms with Crippen molar-refractivity contribution in [3.8, 4) is 23.3 Å². The lowest BCUT2D eigenvalue weighted by Crippen LogP contribution is -1.90. The number of rotatable bonds is 1. The number of hydrogen-bond donors (Lipinski definition) is 0. The van der Waals surface area contributed by atoms with Gasteiger partial charge in [-0.2, -0.15) is 10.5 Å². The second-order valence-electron chi connectivity index (χ2n) is 4.51. The normalized spacial score (nSPS) is 11.0. The van der Waals surface area contributed by atoms with Gasteiger partial charge in [-0.15, -0.1) is 0 Å². The Balaban J connectivity index is 2.41. The van der Waals surface area contributed by atoms with Crippen molar-refractivity contribution in [3.63, 3.8) is 0 Å². The van der Waals surface area contributed by atoms with Crippen LogP contribution in [0.4, 0.5) is 5.69 Å². The molecule has 0 amide bonds. The summed E-state index contributed by atoms with van der Waals surface area (Å²) >= 11 is 0. The van der Waals surface area contributed by atoms with E-state index in [2.05, 4.69) is 0 Å². The highest BCUT2D eigenvalue weighted by Gasteiger charge is 2.27. The van der Waals surface area contributed by atoms with Gasteiger partial charge in [0.25, 0.3) is 5.69 Å². The topological polar surface area (TPSA) is 90.7 Å². The van der Waals surface area contributed by atoms with Crippen LogP contribution in [0.1, 0.15) is 11.1 Å². The molecule has 0 aromatic heterocycles. The minimum Gasteiger partial charge on any atom is -0.258 e. The number of nitriles is 2. The second kappa shape index (κ2) is 4.59. The highest BCUT2D eigenvalue weighted by molar-refractivity contribution is 6.04. The molecule has 1 aliphatic carbocycles. The predicted molar refractivity (Wildman–Crippen MR) is 75.8 cm³/mol. The van der Waals surface area contributed by atoms with Gasteiger partial charge < -0.3 is 0 Å². The largest absolute Gasteiger partial charge is 0.270 e. The number of allylic oxidation sites excluding steroid dienone is 1. The van der Waals surface area contributed by atoms with Gasteiger partial charge in [-0.3, -0.25) is 10.1 Å². The maximum absolute atomic E-state index is 10.9. The van der Waals surface area contributed by atoms with Gasteiger partial charge in [-0.05, 0) is 28.3 Å². The molecule has 98 valence electrons. The fourth-order valence-electron chi connectivity index (χ4n) is 2.57. The lowest BCUT2D eigenvalue weighted by Gasteiger charge is -2.01. The molecule has 2 aromatic carbocycles. The molecular weight excluding hydrogens is 266 g/mol. The molecule has 0 fully saturated rings. The minimum absolute atomic E-state index is 0.00931. The molecule has 5 nitrogen and oxygen atoms in total. The van der Waals surface area contributed by atoms with Crippen molar-refractivity contribution in [1.29, 1.82) is 10.5 Å². The Morgan fingerprint density at radius 3 is 2.19 bits per heavy atom. The predicted octanol–water partition coefficient (Wildman–Crippen LogP) is 3.42. The fourth-order valence-corrected chi connectivity index (χ4v) is 2.57. The first-order valence-corrected chi connectivity index (χ1v) is 6.10. The number of fused-ring (bicyclic) bond motifs is 3. The molecule has 1 aliphatic rings. The van der Waals surface area contributed by atoms with E-state index < -0.39 is 4.92 Å². The third-order valence-corrected chi connectivity index (χ3v) is 3.44. The first kappa shape index (κ1) is 12.6. The summed E-state index contributed by atoms with van der Waals surface area (Å²) in [6.07, 6.45) is 0. The van der Waals surface area contributed by atoms with Gasteiger partial charge in [-0.25, -0.2) is 0 Å². The van der Waals surface area contributed by atoms with Crippen molar-refractivity contribution in [2.45, 2.75) is 0 Å². The van der Waals surface area contributed by atoms with Gasteiger partial charge in [0.15, 0.2) is 0 Å². The first-order valence-electron chi connectivity index (χ1n) is 6.10. The summed E-state index contributed by atoms with van der Waals surface area (Å²) in [6.45, 7) is 0. The Morgan fingerprint density at radius 1 is 0.952 bits per heavy atom. The van der Waals surface area contributed by atoms with Gasteiger partial charge in [-0.1, -0.05) is 24.3 Å². The molecule has 0 bridgehead atoms. The third-order valence-electron chi connectivity index (χ3n) is 3.44. The number of benzene rings is 2. The van der Waals surface area contributed by atoms with Crippen molar-refractivity contribution in [2.75, 3.05) is 0 Å². The van der Waals surface area contributed by atoms with E-state index >= 15 is 0 Å². The summed E-state index contributed by atoms with van der Waals surface area (Å²) < 4.78 is 0.